The first-order valence-electron chi connectivity index (χ1n) is 19.0. The van der Waals surface area contributed by atoms with Gasteiger partial charge in [-0.2, -0.15) is 5.26 Å². The summed E-state index contributed by atoms with van der Waals surface area (Å²) >= 11 is 0. The maximum Gasteiger partial charge on any atom is 0.226 e. The largest absolute Gasteiger partial charge is 0.492 e. The van der Waals surface area contributed by atoms with E-state index in [1.807, 2.05) is 38.1 Å². The van der Waals surface area contributed by atoms with Gasteiger partial charge in [0.2, 0.25) is 11.8 Å². The van der Waals surface area contributed by atoms with Gasteiger partial charge in [0, 0.05) is 81.0 Å². The van der Waals surface area contributed by atoms with E-state index in [2.05, 4.69) is 5.32 Å². The molecule has 0 saturated carbocycles. The predicted octanol–water partition coefficient (Wildman–Crippen LogP) is 3.93. The van der Waals surface area contributed by atoms with Crippen molar-refractivity contribution in [1.29, 1.82) is 5.26 Å². The fraction of sp³-hybridized carbons (Fsp3) is 0.442. The molecule has 3 aromatic rings. The third kappa shape index (κ3) is 10.9. The van der Waals surface area contributed by atoms with Gasteiger partial charge in [0.05, 0.1) is 12.1 Å². The van der Waals surface area contributed by atoms with Gasteiger partial charge in [0.25, 0.3) is 0 Å². The third-order valence-corrected chi connectivity index (χ3v) is 9.97. The number of nitrogens with zero attached hydrogens (tertiary/aromatic N) is 2. The van der Waals surface area contributed by atoms with Crippen LogP contribution in [0.5, 0.6) is 11.5 Å². The van der Waals surface area contributed by atoms with Crippen LogP contribution in [0.1, 0.15) is 77.7 Å². The van der Waals surface area contributed by atoms with Crippen molar-refractivity contribution in [2.24, 2.45) is 23.3 Å². The second kappa shape index (κ2) is 20.5. The Kier molecular flexibility index (Phi) is 15.8. The zero-order valence-electron chi connectivity index (χ0n) is 32.6. The monoisotopic (exact) mass is 767 g/mol. The summed E-state index contributed by atoms with van der Waals surface area (Å²) in [6.45, 7) is 5.74. The van der Waals surface area contributed by atoms with E-state index in [1.54, 1.807) is 43.3 Å². The molecule has 2 amide bonds. The predicted molar refractivity (Wildman–Crippen MR) is 211 cm³/mol. The molecule has 1 aliphatic heterocycles. The van der Waals surface area contributed by atoms with Crippen LogP contribution < -0.4 is 26.3 Å². The van der Waals surface area contributed by atoms with E-state index < -0.39 is 41.5 Å². The van der Waals surface area contributed by atoms with Crippen molar-refractivity contribution in [3.8, 4) is 28.7 Å². The van der Waals surface area contributed by atoms with Crippen LogP contribution in [0, 0.1) is 37.0 Å². The topological polar surface area (TPSA) is 215 Å². The number of Topliss-reactive ketones (excluding diaryl/α,β-unsaturated/α-hetero) is 3. The van der Waals surface area contributed by atoms with E-state index in [9.17, 15) is 34.3 Å². The Morgan fingerprint density at radius 2 is 1.62 bits per heavy atom. The van der Waals surface area contributed by atoms with E-state index in [0.717, 1.165) is 11.1 Å². The summed E-state index contributed by atoms with van der Waals surface area (Å²) in [6, 6.07) is 15.6. The number of likely N-dealkylation sites (N-methyl/N-ethyl adjacent to an activating group) is 1. The lowest BCUT2D eigenvalue weighted by molar-refractivity contribution is -0.142. The molecule has 3 aromatic carbocycles. The summed E-state index contributed by atoms with van der Waals surface area (Å²) in [5.41, 5.74) is 16.0. The molecular formula is C43H53N5O8. The van der Waals surface area contributed by atoms with Gasteiger partial charge in [-0.25, -0.2) is 0 Å². The van der Waals surface area contributed by atoms with Crippen LogP contribution in [0.3, 0.4) is 0 Å². The quantitative estimate of drug-likeness (QED) is 0.153. The Morgan fingerprint density at radius 3 is 2.25 bits per heavy atom. The molecule has 0 radical (unpaired) electrons. The van der Waals surface area contributed by atoms with Crippen LogP contribution in [0.15, 0.2) is 54.6 Å². The smallest absolute Gasteiger partial charge is 0.226 e. The maximum absolute atomic E-state index is 14.5. The fourth-order valence-electron chi connectivity index (χ4n) is 7.06. The van der Waals surface area contributed by atoms with E-state index in [1.165, 1.54) is 11.9 Å². The number of nitrogens with two attached hydrogens (primary N) is 2. The lowest BCUT2D eigenvalue weighted by Crippen LogP contribution is -2.45. The Balaban J connectivity index is 1.89. The highest BCUT2D eigenvalue weighted by Gasteiger charge is 2.36. The Hall–Kier alpha value is -5.42. The van der Waals surface area contributed by atoms with Crippen LogP contribution in [0.25, 0.3) is 11.1 Å². The number of carbonyl (C=O) groups is 5. The number of rotatable bonds is 16. The number of nitriles is 1. The van der Waals surface area contributed by atoms with Crippen molar-refractivity contribution in [1.82, 2.24) is 10.2 Å². The number of ether oxygens (including phenoxy) is 2. The van der Waals surface area contributed by atoms with Crippen molar-refractivity contribution in [3.63, 3.8) is 0 Å². The molecule has 1 aliphatic rings. The molecule has 0 fully saturated rings. The first-order valence-corrected chi connectivity index (χ1v) is 19.0. The molecule has 0 unspecified atom stereocenters. The number of aryl methyl sites for hydroxylation is 2. The standard InChI is InChI=1S/C43H53N5O8/c1-26-7-10-32(27(2)20-26)37(51)25-31(13-17-49)43(54)48(4)41-30-9-12-40(56-19-16-46)34(24-30)33-22-29(8-11-39(33)55-18-15-45)23-35(36(50)6-5-14-44)47-42(53)28(3)21-38(41)52/h7-12,20,22,24,28,31,35,41,49H,5-6,13,15-19,21,23,25,45-46H2,1-4H3,(H,47,53)/t28-,31-,35+,41+/m1/s1. The molecule has 4 rings (SSSR count). The Bertz CT molecular complexity index is 1960. The normalized spacial score (nSPS) is 17.5. The minimum absolute atomic E-state index is 0.0213. The lowest BCUT2D eigenvalue weighted by Gasteiger charge is -2.32. The first kappa shape index (κ1) is 43.3. The highest BCUT2D eigenvalue weighted by molar-refractivity contribution is 6.01. The van der Waals surface area contributed by atoms with E-state index >= 15 is 0 Å². The molecular weight excluding hydrogens is 714 g/mol. The zero-order chi connectivity index (χ0) is 40.9. The highest BCUT2D eigenvalue weighted by Crippen LogP contribution is 2.41. The Labute approximate surface area is 328 Å². The van der Waals surface area contributed by atoms with Crippen molar-refractivity contribution in [2.75, 3.05) is 40.0 Å². The molecule has 13 nitrogen and oxygen atoms in total. The average molecular weight is 768 g/mol. The van der Waals surface area contributed by atoms with Gasteiger partial charge >= 0.3 is 0 Å². The van der Waals surface area contributed by atoms with Gasteiger partial charge in [0.15, 0.2) is 17.3 Å². The van der Waals surface area contributed by atoms with E-state index in [4.69, 9.17) is 20.9 Å². The number of benzene rings is 3. The SMILES string of the molecule is Cc1ccc(C(=O)C[C@@H](CCO)C(=O)N(C)[C@@H]2C(=O)C[C@@H](C)C(=O)N[C@H](C(=O)CCC#N)Cc3ccc(OCCN)c(c3)-c3cc2ccc3OCCN)c(C)c1. The van der Waals surface area contributed by atoms with Crippen molar-refractivity contribution in [2.45, 2.75) is 71.4 Å². The number of hydrogen-bond acceptors (Lipinski definition) is 11. The van der Waals surface area contributed by atoms with Crippen molar-refractivity contribution in [3.05, 3.63) is 82.4 Å². The number of nitrogens with one attached hydrogen (secondary N) is 1. The molecule has 56 heavy (non-hydrogen) atoms. The average Bonchev–Trinajstić information content (AvgIpc) is 3.17. The van der Waals surface area contributed by atoms with Crippen LogP contribution in [0.2, 0.25) is 0 Å². The molecule has 13 heteroatoms. The van der Waals surface area contributed by atoms with Gasteiger partial charge in [-0.1, -0.05) is 42.8 Å². The van der Waals surface area contributed by atoms with Crippen molar-refractivity contribution >= 4 is 29.2 Å². The highest BCUT2D eigenvalue weighted by atomic mass is 16.5. The molecule has 0 aromatic heterocycles. The molecule has 0 aliphatic carbocycles. The van der Waals surface area contributed by atoms with E-state index in [0.29, 0.717) is 39.3 Å². The summed E-state index contributed by atoms with van der Waals surface area (Å²) in [7, 11) is 1.48. The molecule has 298 valence electrons. The zero-order valence-corrected chi connectivity index (χ0v) is 32.6. The number of aliphatic hydroxyl groups excluding tert-OH is 1. The summed E-state index contributed by atoms with van der Waals surface area (Å²) in [5, 5.41) is 22.0. The number of fused-ring (bicyclic) bond motifs is 5. The molecule has 6 N–H and O–H groups in total. The minimum Gasteiger partial charge on any atom is -0.492 e. The summed E-state index contributed by atoms with van der Waals surface area (Å²) in [4.78, 5) is 70.8. The number of ketones is 3. The molecule has 0 saturated heterocycles. The summed E-state index contributed by atoms with van der Waals surface area (Å²) in [6.07, 6.45) is -0.509. The second-order valence-corrected chi connectivity index (χ2v) is 14.3. The van der Waals surface area contributed by atoms with Gasteiger partial charge in [-0.15, -0.1) is 0 Å². The number of carbonyl (C=O) groups excluding carboxylic acids is 5. The lowest BCUT2D eigenvalue weighted by atomic mass is 9.88. The molecule has 1 heterocycles. The van der Waals surface area contributed by atoms with E-state index in [-0.39, 0.29) is 83.0 Å². The molecule has 4 bridgehead atoms. The van der Waals surface area contributed by atoms with Gasteiger partial charge in [0.1, 0.15) is 30.8 Å². The maximum atomic E-state index is 14.5. The van der Waals surface area contributed by atoms with Crippen molar-refractivity contribution < 1.29 is 38.6 Å². The summed E-state index contributed by atoms with van der Waals surface area (Å²) in [5.74, 6) is -3.15. The molecule has 4 atom stereocenters. The molecule has 0 spiro atoms. The first-order chi connectivity index (χ1) is 26.8. The van der Waals surface area contributed by atoms with Gasteiger partial charge in [-0.3, -0.25) is 24.0 Å². The number of hydrogen-bond donors (Lipinski definition) is 4. The van der Waals surface area contributed by atoms with Gasteiger partial charge in [-0.05, 0) is 67.6 Å². The fourth-order valence-corrected chi connectivity index (χ4v) is 7.06. The second-order valence-electron chi connectivity index (χ2n) is 14.3. The van der Waals surface area contributed by atoms with Crippen LogP contribution in [-0.2, 0) is 25.6 Å². The minimum atomic E-state index is -1.23. The number of amides is 2. The summed E-state index contributed by atoms with van der Waals surface area (Å²) < 4.78 is 12.2. The number of aliphatic hydroxyl groups is 1. The van der Waals surface area contributed by atoms with Crippen LogP contribution >= 0.6 is 0 Å². The van der Waals surface area contributed by atoms with Gasteiger partial charge < -0.3 is 36.3 Å². The van der Waals surface area contributed by atoms with Crippen LogP contribution in [0.4, 0.5) is 0 Å². The third-order valence-electron chi connectivity index (χ3n) is 9.97. The van der Waals surface area contributed by atoms with Crippen LogP contribution in [-0.4, -0.2) is 85.2 Å². The Morgan fingerprint density at radius 1 is 0.964 bits per heavy atom.